The van der Waals surface area contributed by atoms with Crippen molar-refractivity contribution in [2.75, 3.05) is 41.4 Å². The standard InChI is InChI=1S/C11H18N4O2S/c1-3-12-10-8-11(14-9(2)13-10)15-4-6-18(16,17)7-5-15/h8H,3-7H2,1-2H3,(H,12,13,14). The average Bonchev–Trinajstić information content (AvgIpc) is 2.28. The molecule has 1 aliphatic heterocycles. The number of hydrogen-bond donors (Lipinski definition) is 1. The Balaban J connectivity index is 2.18. The maximum atomic E-state index is 11.4. The van der Waals surface area contributed by atoms with E-state index in [0.29, 0.717) is 18.9 Å². The lowest BCUT2D eigenvalue weighted by molar-refractivity contribution is 0.586. The van der Waals surface area contributed by atoms with E-state index in [1.165, 1.54) is 0 Å². The fraction of sp³-hybridized carbons (Fsp3) is 0.636. The summed E-state index contributed by atoms with van der Waals surface area (Å²) in [5.41, 5.74) is 0. The van der Waals surface area contributed by atoms with E-state index in [2.05, 4.69) is 15.3 Å². The van der Waals surface area contributed by atoms with Crippen molar-refractivity contribution < 1.29 is 8.42 Å². The third-order valence-corrected chi connectivity index (χ3v) is 4.46. The average molecular weight is 270 g/mol. The van der Waals surface area contributed by atoms with Crippen molar-refractivity contribution in [2.45, 2.75) is 13.8 Å². The van der Waals surface area contributed by atoms with Gasteiger partial charge in [-0.05, 0) is 13.8 Å². The number of rotatable bonds is 3. The van der Waals surface area contributed by atoms with Gasteiger partial charge < -0.3 is 10.2 Å². The second-order valence-corrected chi connectivity index (χ2v) is 6.63. The fourth-order valence-electron chi connectivity index (χ4n) is 1.93. The molecule has 6 nitrogen and oxygen atoms in total. The third kappa shape index (κ3) is 3.10. The van der Waals surface area contributed by atoms with Crippen LogP contribution in [-0.2, 0) is 9.84 Å². The van der Waals surface area contributed by atoms with Gasteiger partial charge in [0.2, 0.25) is 0 Å². The maximum Gasteiger partial charge on any atom is 0.153 e. The molecule has 0 unspecified atom stereocenters. The summed E-state index contributed by atoms with van der Waals surface area (Å²) >= 11 is 0. The zero-order valence-corrected chi connectivity index (χ0v) is 11.5. The highest BCUT2D eigenvalue weighted by atomic mass is 32.2. The van der Waals surface area contributed by atoms with Crippen LogP contribution in [0.15, 0.2) is 6.07 Å². The largest absolute Gasteiger partial charge is 0.370 e. The van der Waals surface area contributed by atoms with Gasteiger partial charge in [-0.1, -0.05) is 0 Å². The molecule has 0 radical (unpaired) electrons. The smallest absolute Gasteiger partial charge is 0.153 e. The van der Waals surface area contributed by atoms with Gasteiger partial charge in [-0.2, -0.15) is 0 Å². The van der Waals surface area contributed by atoms with Crippen molar-refractivity contribution in [1.29, 1.82) is 0 Å². The number of nitrogens with zero attached hydrogens (tertiary/aromatic N) is 3. The molecule has 1 aromatic rings. The molecule has 1 fully saturated rings. The summed E-state index contributed by atoms with van der Waals surface area (Å²) in [6.07, 6.45) is 0. The van der Waals surface area contributed by atoms with E-state index in [1.54, 1.807) is 0 Å². The molecule has 7 heteroatoms. The van der Waals surface area contributed by atoms with Gasteiger partial charge in [0.15, 0.2) is 9.84 Å². The molecule has 1 N–H and O–H groups in total. The maximum absolute atomic E-state index is 11.4. The van der Waals surface area contributed by atoms with E-state index in [1.807, 2.05) is 24.8 Å². The van der Waals surface area contributed by atoms with Crippen LogP contribution < -0.4 is 10.2 Å². The molecule has 0 saturated carbocycles. The fourth-order valence-corrected chi connectivity index (χ4v) is 3.13. The summed E-state index contributed by atoms with van der Waals surface area (Å²) in [5.74, 6) is 2.68. The van der Waals surface area contributed by atoms with Crippen LogP contribution in [0.3, 0.4) is 0 Å². The van der Waals surface area contributed by atoms with Gasteiger partial charge in [0, 0.05) is 25.7 Å². The minimum atomic E-state index is -2.85. The van der Waals surface area contributed by atoms with Crippen LogP contribution in [0.5, 0.6) is 0 Å². The molecular weight excluding hydrogens is 252 g/mol. The molecule has 0 bridgehead atoms. The Morgan fingerprint density at radius 1 is 1.33 bits per heavy atom. The van der Waals surface area contributed by atoms with Crippen molar-refractivity contribution >= 4 is 21.5 Å². The molecule has 2 rings (SSSR count). The Morgan fingerprint density at radius 2 is 2.00 bits per heavy atom. The van der Waals surface area contributed by atoms with Gasteiger partial charge in [0.05, 0.1) is 11.5 Å². The Bertz CT molecular complexity index is 516. The van der Waals surface area contributed by atoms with Gasteiger partial charge in [-0.25, -0.2) is 18.4 Å². The number of aromatic nitrogens is 2. The van der Waals surface area contributed by atoms with E-state index in [-0.39, 0.29) is 11.5 Å². The third-order valence-electron chi connectivity index (χ3n) is 2.85. The van der Waals surface area contributed by atoms with Gasteiger partial charge in [0.25, 0.3) is 0 Å². The summed E-state index contributed by atoms with van der Waals surface area (Å²) in [6.45, 7) is 5.65. The first-order valence-electron chi connectivity index (χ1n) is 6.05. The molecule has 0 atom stereocenters. The first kappa shape index (κ1) is 13.1. The lowest BCUT2D eigenvalue weighted by atomic mass is 10.4. The van der Waals surface area contributed by atoms with Crippen molar-refractivity contribution in [3.8, 4) is 0 Å². The van der Waals surface area contributed by atoms with Crippen molar-refractivity contribution in [1.82, 2.24) is 9.97 Å². The summed E-state index contributed by atoms with van der Waals surface area (Å²) in [4.78, 5) is 10.6. The van der Waals surface area contributed by atoms with Crippen LogP contribution in [0.2, 0.25) is 0 Å². The molecule has 1 saturated heterocycles. The van der Waals surface area contributed by atoms with E-state index in [0.717, 1.165) is 18.2 Å². The summed E-state index contributed by atoms with van der Waals surface area (Å²) in [7, 11) is -2.85. The second kappa shape index (κ2) is 5.09. The number of aryl methyl sites for hydroxylation is 1. The van der Waals surface area contributed by atoms with E-state index in [9.17, 15) is 8.42 Å². The zero-order chi connectivity index (χ0) is 13.2. The first-order chi connectivity index (χ1) is 8.50. The van der Waals surface area contributed by atoms with E-state index < -0.39 is 9.84 Å². The van der Waals surface area contributed by atoms with Crippen molar-refractivity contribution in [3.63, 3.8) is 0 Å². The highest BCUT2D eigenvalue weighted by Crippen LogP contribution is 2.18. The van der Waals surface area contributed by atoms with Gasteiger partial charge in [-0.15, -0.1) is 0 Å². The molecule has 1 aromatic heterocycles. The zero-order valence-electron chi connectivity index (χ0n) is 10.7. The monoisotopic (exact) mass is 270 g/mol. The molecule has 0 aromatic carbocycles. The Morgan fingerprint density at radius 3 is 2.61 bits per heavy atom. The second-order valence-electron chi connectivity index (χ2n) is 4.33. The summed E-state index contributed by atoms with van der Waals surface area (Å²) in [5, 5.41) is 3.15. The van der Waals surface area contributed by atoms with Crippen LogP contribution >= 0.6 is 0 Å². The SMILES string of the molecule is CCNc1cc(N2CCS(=O)(=O)CC2)nc(C)n1. The van der Waals surface area contributed by atoms with Crippen LogP contribution in [0.25, 0.3) is 0 Å². The van der Waals surface area contributed by atoms with Crippen molar-refractivity contribution in [3.05, 3.63) is 11.9 Å². The van der Waals surface area contributed by atoms with Crippen LogP contribution in [-0.4, -0.2) is 49.5 Å². The number of nitrogens with one attached hydrogen (secondary N) is 1. The van der Waals surface area contributed by atoms with Gasteiger partial charge >= 0.3 is 0 Å². The molecule has 18 heavy (non-hydrogen) atoms. The molecular formula is C11H18N4O2S. The topological polar surface area (TPSA) is 75.2 Å². The number of hydrogen-bond acceptors (Lipinski definition) is 6. The number of sulfone groups is 1. The van der Waals surface area contributed by atoms with Crippen LogP contribution in [0.4, 0.5) is 11.6 Å². The van der Waals surface area contributed by atoms with E-state index in [4.69, 9.17) is 0 Å². The molecule has 0 aliphatic carbocycles. The lowest BCUT2D eigenvalue weighted by Crippen LogP contribution is -2.40. The minimum absolute atomic E-state index is 0.201. The Hall–Kier alpha value is -1.37. The first-order valence-corrected chi connectivity index (χ1v) is 7.87. The molecule has 0 amide bonds. The lowest BCUT2D eigenvalue weighted by Gasteiger charge is -2.28. The highest BCUT2D eigenvalue weighted by molar-refractivity contribution is 7.91. The molecule has 1 aliphatic rings. The molecule has 2 heterocycles. The quantitative estimate of drug-likeness (QED) is 0.859. The predicted octanol–water partition coefficient (Wildman–Crippen LogP) is 0.452. The summed E-state index contributed by atoms with van der Waals surface area (Å²) < 4.78 is 22.8. The molecule has 0 spiro atoms. The summed E-state index contributed by atoms with van der Waals surface area (Å²) in [6, 6.07) is 1.87. The minimum Gasteiger partial charge on any atom is -0.370 e. The highest BCUT2D eigenvalue weighted by Gasteiger charge is 2.22. The predicted molar refractivity (Wildman–Crippen MR) is 71.8 cm³/mol. The normalized spacial score (nSPS) is 18.7. The van der Waals surface area contributed by atoms with Crippen LogP contribution in [0.1, 0.15) is 12.7 Å². The van der Waals surface area contributed by atoms with Crippen molar-refractivity contribution in [2.24, 2.45) is 0 Å². The Labute approximate surface area is 107 Å². The molecule has 100 valence electrons. The van der Waals surface area contributed by atoms with Gasteiger partial charge in [-0.3, -0.25) is 0 Å². The number of anilines is 2. The van der Waals surface area contributed by atoms with Crippen LogP contribution in [0, 0.1) is 6.92 Å². The van der Waals surface area contributed by atoms with Gasteiger partial charge in [0.1, 0.15) is 17.5 Å². The Kier molecular flexibility index (Phi) is 3.70. The van der Waals surface area contributed by atoms with E-state index >= 15 is 0 Å².